The normalized spacial score (nSPS) is 11.3. The monoisotopic (exact) mass is 352 g/mol. The first-order valence-corrected chi connectivity index (χ1v) is 7.96. The van der Waals surface area contributed by atoms with Gasteiger partial charge in [-0.3, -0.25) is 13.9 Å². The molecular weight excluding hydrogens is 336 g/mol. The van der Waals surface area contributed by atoms with Crippen molar-refractivity contribution in [2.45, 2.75) is 13.5 Å². The lowest BCUT2D eigenvalue weighted by Crippen LogP contribution is -2.37. The third-order valence-corrected chi connectivity index (χ3v) is 4.29. The minimum absolute atomic E-state index is 0.183. The molecule has 0 amide bonds. The topological polar surface area (TPSA) is 101 Å². The number of nitrogens with zero attached hydrogens (tertiary/aromatic N) is 6. The summed E-state index contributed by atoms with van der Waals surface area (Å²) in [4.78, 5) is 28.6. The standard InChI is InChI=1S/C17H16N6O3/c1-10-4-6-11(7-5-10)15-20-19-12(26-15)8-23-9-18-14-13(23)16(24)22(3)17(25)21(14)2/h4-7,9H,8H2,1-3H3. The molecule has 0 unspecified atom stereocenters. The second-order valence-corrected chi connectivity index (χ2v) is 6.12. The first-order valence-electron chi connectivity index (χ1n) is 7.96. The van der Waals surface area contributed by atoms with Crippen LogP contribution >= 0.6 is 0 Å². The first kappa shape index (κ1) is 16.0. The summed E-state index contributed by atoms with van der Waals surface area (Å²) < 4.78 is 9.69. The summed E-state index contributed by atoms with van der Waals surface area (Å²) in [5, 5.41) is 8.11. The molecule has 0 atom stereocenters. The van der Waals surface area contributed by atoms with Gasteiger partial charge >= 0.3 is 5.69 Å². The van der Waals surface area contributed by atoms with Gasteiger partial charge in [0.05, 0.1) is 6.33 Å². The van der Waals surface area contributed by atoms with E-state index in [1.165, 1.54) is 17.9 Å². The molecule has 132 valence electrons. The van der Waals surface area contributed by atoms with Crippen LogP contribution in [0.2, 0.25) is 0 Å². The Morgan fingerprint density at radius 3 is 2.50 bits per heavy atom. The average molecular weight is 352 g/mol. The van der Waals surface area contributed by atoms with Crippen molar-refractivity contribution in [2.75, 3.05) is 0 Å². The molecule has 4 aromatic rings. The molecule has 3 heterocycles. The molecule has 0 spiro atoms. The molecule has 1 aromatic carbocycles. The predicted molar refractivity (Wildman–Crippen MR) is 93.8 cm³/mol. The summed E-state index contributed by atoms with van der Waals surface area (Å²) in [6.45, 7) is 2.18. The number of hydrogen-bond acceptors (Lipinski definition) is 6. The Labute approximate surface area is 147 Å². The molecule has 0 fully saturated rings. The Bertz CT molecular complexity index is 1230. The predicted octanol–water partition coefficient (Wildman–Crippen LogP) is 0.840. The summed E-state index contributed by atoms with van der Waals surface area (Å²) in [6, 6.07) is 7.75. The summed E-state index contributed by atoms with van der Waals surface area (Å²) in [5.74, 6) is 0.750. The van der Waals surface area contributed by atoms with Crippen LogP contribution in [-0.2, 0) is 20.6 Å². The largest absolute Gasteiger partial charge is 0.419 e. The summed E-state index contributed by atoms with van der Waals surface area (Å²) in [6.07, 6.45) is 1.49. The van der Waals surface area contributed by atoms with Gasteiger partial charge in [0.15, 0.2) is 11.2 Å². The van der Waals surface area contributed by atoms with Crippen LogP contribution in [0.1, 0.15) is 11.5 Å². The van der Waals surface area contributed by atoms with Crippen molar-refractivity contribution >= 4 is 11.2 Å². The number of benzene rings is 1. The lowest BCUT2D eigenvalue weighted by molar-refractivity contribution is 0.490. The maximum absolute atomic E-state index is 12.5. The van der Waals surface area contributed by atoms with Crippen molar-refractivity contribution in [3.8, 4) is 11.5 Å². The number of aromatic nitrogens is 6. The van der Waals surface area contributed by atoms with E-state index in [1.54, 1.807) is 11.6 Å². The minimum Gasteiger partial charge on any atom is -0.419 e. The molecule has 0 aliphatic heterocycles. The summed E-state index contributed by atoms with van der Waals surface area (Å²) in [5.41, 5.74) is 1.75. The highest BCUT2D eigenvalue weighted by Crippen LogP contribution is 2.19. The Balaban J connectivity index is 1.74. The maximum Gasteiger partial charge on any atom is 0.332 e. The van der Waals surface area contributed by atoms with Gasteiger partial charge in [0.1, 0.15) is 6.54 Å². The van der Waals surface area contributed by atoms with E-state index in [-0.39, 0.29) is 6.54 Å². The molecule has 9 nitrogen and oxygen atoms in total. The van der Waals surface area contributed by atoms with Crippen molar-refractivity contribution in [1.82, 2.24) is 28.9 Å². The third kappa shape index (κ3) is 2.44. The molecule has 0 bridgehead atoms. The van der Waals surface area contributed by atoms with E-state index in [0.717, 1.165) is 15.7 Å². The van der Waals surface area contributed by atoms with Crippen LogP contribution < -0.4 is 11.2 Å². The molecule has 0 aliphatic carbocycles. The first-order chi connectivity index (χ1) is 12.5. The molecule has 3 aromatic heterocycles. The van der Waals surface area contributed by atoms with E-state index in [2.05, 4.69) is 15.2 Å². The minimum atomic E-state index is -0.424. The van der Waals surface area contributed by atoms with Crippen LogP contribution in [0.5, 0.6) is 0 Å². The van der Waals surface area contributed by atoms with Crippen molar-refractivity contribution in [3.63, 3.8) is 0 Å². The average Bonchev–Trinajstić information content (AvgIpc) is 3.26. The lowest BCUT2D eigenvalue weighted by Gasteiger charge is -2.04. The van der Waals surface area contributed by atoms with Crippen LogP contribution in [0.15, 0.2) is 44.6 Å². The Morgan fingerprint density at radius 2 is 1.77 bits per heavy atom. The zero-order valence-electron chi connectivity index (χ0n) is 14.5. The van der Waals surface area contributed by atoms with Gasteiger partial charge in [0, 0.05) is 19.7 Å². The van der Waals surface area contributed by atoms with Gasteiger partial charge in [-0.25, -0.2) is 9.78 Å². The number of imidazole rings is 1. The number of aryl methyl sites for hydroxylation is 2. The third-order valence-electron chi connectivity index (χ3n) is 4.29. The van der Waals surface area contributed by atoms with Crippen LogP contribution in [0.4, 0.5) is 0 Å². The second kappa shape index (κ2) is 5.80. The van der Waals surface area contributed by atoms with Gasteiger partial charge in [-0.15, -0.1) is 10.2 Å². The van der Waals surface area contributed by atoms with Crippen molar-refractivity contribution < 1.29 is 4.42 Å². The summed E-state index contributed by atoms with van der Waals surface area (Å²) in [7, 11) is 3.01. The van der Waals surface area contributed by atoms with Crippen LogP contribution in [0.3, 0.4) is 0 Å². The van der Waals surface area contributed by atoms with Crippen LogP contribution in [0.25, 0.3) is 22.6 Å². The van der Waals surface area contributed by atoms with Gasteiger partial charge in [0.25, 0.3) is 5.56 Å². The SMILES string of the molecule is Cc1ccc(-c2nnc(Cn3cnc4c3c(=O)n(C)c(=O)n4C)o2)cc1. The van der Waals surface area contributed by atoms with Crippen LogP contribution in [-0.4, -0.2) is 28.9 Å². The van der Waals surface area contributed by atoms with E-state index in [0.29, 0.717) is 22.9 Å². The van der Waals surface area contributed by atoms with Crippen molar-refractivity contribution in [3.05, 3.63) is 62.9 Å². The van der Waals surface area contributed by atoms with Gasteiger partial charge in [-0.2, -0.15) is 0 Å². The van der Waals surface area contributed by atoms with Gasteiger partial charge in [0.2, 0.25) is 11.8 Å². The Morgan fingerprint density at radius 1 is 1.04 bits per heavy atom. The number of hydrogen-bond donors (Lipinski definition) is 0. The quantitative estimate of drug-likeness (QED) is 0.542. The molecule has 4 rings (SSSR count). The number of rotatable bonds is 3. The Hall–Kier alpha value is -3.49. The Kier molecular flexibility index (Phi) is 3.57. The molecule has 9 heteroatoms. The molecule has 0 N–H and O–H groups in total. The van der Waals surface area contributed by atoms with Crippen LogP contribution in [0, 0.1) is 6.92 Å². The van der Waals surface area contributed by atoms with Gasteiger partial charge in [-0.05, 0) is 19.1 Å². The fourth-order valence-corrected chi connectivity index (χ4v) is 2.79. The van der Waals surface area contributed by atoms with Gasteiger partial charge < -0.3 is 8.98 Å². The zero-order chi connectivity index (χ0) is 18.4. The molecule has 0 saturated heterocycles. The molecule has 0 aliphatic rings. The van der Waals surface area contributed by atoms with E-state index < -0.39 is 11.2 Å². The fraction of sp³-hybridized carbons (Fsp3) is 0.235. The van der Waals surface area contributed by atoms with Gasteiger partial charge in [-0.1, -0.05) is 17.7 Å². The molecule has 0 radical (unpaired) electrons. The number of fused-ring (bicyclic) bond motifs is 1. The van der Waals surface area contributed by atoms with E-state index >= 15 is 0 Å². The molecule has 0 saturated carbocycles. The highest BCUT2D eigenvalue weighted by molar-refractivity contribution is 5.70. The fourth-order valence-electron chi connectivity index (χ4n) is 2.79. The van der Waals surface area contributed by atoms with E-state index in [1.807, 2.05) is 31.2 Å². The maximum atomic E-state index is 12.5. The molecular formula is C17H16N6O3. The zero-order valence-corrected chi connectivity index (χ0v) is 14.5. The second-order valence-electron chi connectivity index (χ2n) is 6.12. The lowest BCUT2D eigenvalue weighted by atomic mass is 10.1. The highest BCUT2D eigenvalue weighted by atomic mass is 16.4. The summed E-state index contributed by atoms with van der Waals surface area (Å²) >= 11 is 0. The highest BCUT2D eigenvalue weighted by Gasteiger charge is 2.16. The van der Waals surface area contributed by atoms with Crippen molar-refractivity contribution in [1.29, 1.82) is 0 Å². The molecule has 26 heavy (non-hydrogen) atoms. The van der Waals surface area contributed by atoms with E-state index in [9.17, 15) is 9.59 Å². The van der Waals surface area contributed by atoms with Crippen molar-refractivity contribution in [2.24, 2.45) is 14.1 Å². The van der Waals surface area contributed by atoms with E-state index in [4.69, 9.17) is 4.42 Å². The smallest absolute Gasteiger partial charge is 0.332 e.